The van der Waals surface area contributed by atoms with Crippen molar-refractivity contribution in [2.24, 2.45) is 0 Å². The van der Waals surface area contributed by atoms with Crippen LogP contribution in [0.4, 0.5) is 17.1 Å². The Bertz CT molecular complexity index is 4320. The van der Waals surface area contributed by atoms with Crippen molar-refractivity contribution in [1.82, 2.24) is 0 Å². The molecule has 1 aliphatic heterocycles. The molecule has 0 N–H and O–H groups in total. The van der Waals surface area contributed by atoms with Crippen LogP contribution in [-0.4, -0.2) is 0 Å². The Morgan fingerprint density at radius 2 is 0.645 bits per heavy atom. The Labute approximate surface area is 440 Å². The maximum Gasteiger partial charge on any atom is 0.151 e. The monoisotopic (exact) mass is 975 g/mol. The van der Waals surface area contributed by atoms with Gasteiger partial charge in [-0.15, -0.1) is 0 Å². The fourth-order valence-corrected chi connectivity index (χ4v) is 13.2. The zero-order valence-electron chi connectivity index (χ0n) is 42.5. The number of hydrogen-bond acceptors (Lipinski definition) is 4. The van der Waals surface area contributed by atoms with Crippen molar-refractivity contribution >= 4 is 60.9 Å². The average molecular weight is 976 g/mol. The van der Waals surface area contributed by atoms with Crippen LogP contribution >= 0.6 is 0 Å². The van der Waals surface area contributed by atoms with Crippen LogP contribution in [-0.2, 0) is 10.8 Å². The number of rotatable bonds is 5. The highest BCUT2D eigenvalue weighted by Crippen LogP contribution is 2.61. The Kier molecular flexibility index (Phi) is 8.83. The molecule has 0 radical (unpaired) electrons. The van der Waals surface area contributed by atoms with E-state index in [4.69, 9.17) is 13.6 Å². The lowest BCUT2D eigenvalue weighted by Gasteiger charge is -2.35. The summed E-state index contributed by atoms with van der Waals surface area (Å²) in [6.07, 6.45) is 0. The normalized spacial score (nSPS) is 14.3. The van der Waals surface area contributed by atoms with Gasteiger partial charge in [-0.2, -0.15) is 0 Å². The summed E-state index contributed by atoms with van der Waals surface area (Å²) >= 11 is 0. The molecule has 2 aliphatic carbocycles. The first kappa shape index (κ1) is 43.1. The van der Waals surface area contributed by atoms with Gasteiger partial charge in [0.1, 0.15) is 22.3 Å². The maximum atomic E-state index is 7.22. The largest absolute Gasteiger partial charge is 0.455 e. The van der Waals surface area contributed by atoms with E-state index in [0.29, 0.717) is 0 Å². The molecule has 0 fully saturated rings. The Morgan fingerprint density at radius 1 is 0.289 bits per heavy atom. The smallest absolute Gasteiger partial charge is 0.151 e. The van der Waals surface area contributed by atoms with Crippen LogP contribution in [0.25, 0.3) is 111 Å². The van der Waals surface area contributed by atoms with E-state index in [0.717, 1.165) is 117 Å². The average Bonchev–Trinajstić information content (AvgIpc) is 4.26. The lowest BCUT2D eigenvalue weighted by Crippen LogP contribution is -2.19. The third-order valence-corrected chi connectivity index (χ3v) is 17.1. The van der Waals surface area contributed by atoms with Crippen LogP contribution in [0, 0.1) is 0 Å². The topological polar surface area (TPSA) is 38.8 Å². The van der Waals surface area contributed by atoms with Gasteiger partial charge in [-0.1, -0.05) is 204 Å². The van der Waals surface area contributed by atoms with Gasteiger partial charge in [0, 0.05) is 60.3 Å². The SMILES string of the molecule is CC1(C)c2cc(-c3cccc4c3oc3c(-c5ccccc5)cccc34)ccc2-c2cc3c(cc21)Oc1cc2c(cc1N3c1ccccc1)-c1ccc(-c3cccc4c3oc3c(-c5ccccc5)cccc34)cc1C2(C)C. The second-order valence-electron chi connectivity index (χ2n) is 21.9. The van der Waals surface area contributed by atoms with Gasteiger partial charge in [0.15, 0.2) is 11.5 Å². The third-order valence-electron chi connectivity index (χ3n) is 17.1. The minimum atomic E-state index is -0.310. The van der Waals surface area contributed by atoms with Crippen LogP contribution in [0.3, 0.4) is 0 Å². The van der Waals surface area contributed by atoms with Gasteiger partial charge >= 0.3 is 0 Å². The highest BCUT2D eigenvalue weighted by Gasteiger charge is 2.42. The molecule has 3 aliphatic rings. The van der Waals surface area contributed by atoms with Gasteiger partial charge in [-0.3, -0.25) is 0 Å². The highest BCUT2D eigenvalue weighted by molar-refractivity contribution is 6.14. The molecule has 11 aromatic carbocycles. The van der Waals surface area contributed by atoms with Crippen LogP contribution < -0.4 is 9.64 Å². The van der Waals surface area contributed by atoms with Crippen molar-refractivity contribution in [1.29, 1.82) is 0 Å². The molecule has 0 saturated heterocycles. The molecule has 76 heavy (non-hydrogen) atoms. The number of ether oxygens (including phenoxy) is 1. The zero-order chi connectivity index (χ0) is 50.6. The van der Waals surface area contributed by atoms with Crippen LogP contribution in [0.2, 0.25) is 0 Å². The first-order valence-corrected chi connectivity index (χ1v) is 26.4. The van der Waals surface area contributed by atoms with Crippen LogP contribution in [0.15, 0.2) is 233 Å². The summed E-state index contributed by atoms with van der Waals surface area (Å²) in [7, 11) is 0. The standard InChI is InChI=1S/C72H49NO3/c1-71(2)59-36-44(49-26-16-30-55-53-28-14-24-47(67(53)75-69(49)55)42-18-8-5-9-19-42)32-34-51(59)57-38-63-65(40-61(57)71)74-66-41-62-58(39-64(66)73(63)46-22-12-7-13-23-46)52-35-33-45(37-60(52)72(62,3)4)50-27-17-31-56-54-29-15-25-48(68(54)76-70(50)56)43-20-10-6-11-21-43/h5-41H,1-4H3. The van der Waals surface area contributed by atoms with E-state index in [1.165, 1.54) is 44.5 Å². The lowest BCUT2D eigenvalue weighted by atomic mass is 9.81. The van der Waals surface area contributed by atoms with Gasteiger partial charge in [0.2, 0.25) is 0 Å². The lowest BCUT2D eigenvalue weighted by molar-refractivity contribution is 0.473. The van der Waals surface area contributed by atoms with Gasteiger partial charge in [-0.25, -0.2) is 0 Å². The zero-order valence-corrected chi connectivity index (χ0v) is 42.5. The molecule has 0 amide bonds. The van der Waals surface area contributed by atoms with E-state index in [1.807, 2.05) is 0 Å². The van der Waals surface area contributed by atoms with E-state index < -0.39 is 0 Å². The van der Waals surface area contributed by atoms with E-state index >= 15 is 0 Å². The Balaban J connectivity index is 0.799. The molecule has 16 rings (SSSR count). The summed E-state index contributed by atoms with van der Waals surface area (Å²) in [5.41, 5.74) is 25.1. The number of benzene rings is 11. The number of para-hydroxylation sites is 5. The minimum absolute atomic E-state index is 0.310. The van der Waals surface area contributed by atoms with Crippen molar-refractivity contribution < 1.29 is 13.6 Å². The molecule has 0 spiro atoms. The second kappa shape index (κ2) is 15.6. The van der Waals surface area contributed by atoms with Gasteiger partial charge < -0.3 is 18.5 Å². The van der Waals surface area contributed by atoms with E-state index in [2.05, 4.69) is 257 Å². The highest BCUT2D eigenvalue weighted by atomic mass is 16.5. The number of fused-ring (bicyclic) bond motifs is 14. The molecule has 3 heterocycles. The predicted octanol–water partition coefficient (Wildman–Crippen LogP) is 20.3. The summed E-state index contributed by atoms with van der Waals surface area (Å²) in [6, 6.07) is 81.2. The van der Waals surface area contributed by atoms with Gasteiger partial charge in [0.05, 0.1) is 11.4 Å². The maximum absolute atomic E-state index is 7.22. The number of furan rings is 2. The van der Waals surface area contributed by atoms with E-state index in [9.17, 15) is 0 Å². The van der Waals surface area contributed by atoms with Gasteiger partial charge in [0.25, 0.3) is 0 Å². The quantitative estimate of drug-likeness (QED) is 0.172. The van der Waals surface area contributed by atoms with E-state index in [-0.39, 0.29) is 10.8 Å². The molecule has 0 saturated carbocycles. The second-order valence-corrected chi connectivity index (χ2v) is 21.9. The first-order valence-electron chi connectivity index (χ1n) is 26.4. The van der Waals surface area contributed by atoms with Gasteiger partial charge in [-0.05, 0) is 115 Å². The molecule has 13 aromatic rings. The summed E-state index contributed by atoms with van der Waals surface area (Å²) in [4.78, 5) is 2.41. The minimum Gasteiger partial charge on any atom is -0.455 e. The molecular formula is C72H49NO3. The molecule has 0 bridgehead atoms. The van der Waals surface area contributed by atoms with E-state index in [1.54, 1.807) is 0 Å². The number of hydrogen-bond donors (Lipinski definition) is 0. The summed E-state index contributed by atoms with van der Waals surface area (Å²) in [5, 5.41) is 4.49. The van der Waals surface area contributed by atoms with Crippen molar-refractivity contribution in [2.75, 3.05) is 4.90 Å². The van der Waals surface area contributed by atoms with Crippen LogP contribution in [0.1, 0.15) is 49.9 Å². The summed E-state index contributed by atoms with van der Waals surface area (Å²) in [5.74, 6) is 1.70. The Hall–Kier alpha value is -9.38. The fourth-order valence-electron chi connectivity index (χ4n) is 13.2. The number of anilines is 3. The Morgan fingerprint density at radius 3 is 1.04 bits per heavy atom. The van der Waals surface area contributed by atoms with Crippen molar-refractivity contribution in [3.63, 3.8) is 0 Å². The predicted molar refractivity (Wildman–Crippen MR) is 313 cm³/mol. The van der Waals surface area contributed by atoms with Crippen molar-refractivity contribution in [3.05, 3.63) is 247 Å². The van der Waals surface area contributed by atoms with Crippen molar-refractivity contribution in [3.8, 4) is 78.3 Å². The summed E-state index contributed by atoms with van der Waals surface area (Å²) in [6.45, 7) is 9.41. The molecular weight excluding hydrogens is 927 g/mol. The first-order chi connectivity index (χ1) is 37.2. The summed E-state index contributed by atoms with van der Waals surface area (Å²) < 4.78 is 21.0. The molecule has 4 nitrogen and oxygen atoms in total. The molecule has 360 valence electrons. The van der Waals surface area contributed by atoms with Crippen LogP contribution in [0.5, 0.6) is 11.5 Å². The fraction of sp³-hybridized carbons (Fsp3) is 0.0833. The number of nitrogens with zero attached hydrogens (tertiary/aromatic N) is 1. The van der Waals surface area contributed by atoms with Crippen molar-refractivity contribution in [2.45, 2.75) is 38.5 Å². The molecule has 2 aromatic heterocycles. The molecule has 0 unspecified atom stereocenters. The molecule has 4 heteroatoms. The molecule has 0 atom stereocenters. The third kappa shape index (κ3) is 6.01.